The van der Waals surface area contributed by atoms with Crippen molar-refractivity contribution in [1.29, 1.82) is 0 Å². The van der Waals surface area contributed by atoms with Gasteiger partial charge in [-0.1, -0.05) is 0 Å². The standard InChI is InChI=1S/C13H16N4O2/c1-8-11-9(5-6-14-12(11)16(2)15-8)17-7-3-4-10(17)13(18)19/h5-6,10H,3-4,7H2,1-2H3,(H,18,19). The van der Waals surface area contributed by atoms with E-state index in [0.29, 0.717) is 6.42 Å². The van der Waals surface area contributed by atoms with E-state index in [-0.39, 0.29) is 0 Å². The van der Waals surface area contributed by atoms with Gasteiger partial charge >= 0.3 is 5.97 Å². The van der Waals surface area contributed by atoms with Crippen LogP contribution in [0.25, 0.3) is 11.0 Å². The monoisotopic (exact) mass is 260 g/mol. The molecule has 0 amide bonds. The van der Waals surface area contributed by atoms with Crippen LogP contribution in [-0.4, -0.2) is 38.4 Å². The Morgan fingerprint density at radius 1 is 1.53 bits per heavy atom. The Morgan fingerprint density at radius 3 is 3.05 bits per heavy atom. The zero-order valence-corrected chi connectivity index (χ0v) is 11.0. The van der Waals surface area contributed by atoms with Crippen molar-refractivity contribution in [3.05, 3.63) is 18.0 Å². The summed E-state index contributed by atoms with van der Waals surface area (Å²) in [5, 5.41) is 14.6. The normalized spacial score (nSPS) is 19.3. The number of aryl methyl sites for hydroxylation is 2. The summed E-state index contributed by atoms with van der Waals surface area (Å²) < 4.78 is 1.74. The van der Waals surface area contributed by atoms with Gasteiger partial charge in [0.25, 0.3) is 0 Å². The molecule has 1 N–H and O–H groups in total. The van der Waals surface area contributed by atoms with E-state index >= 15 is 0 Å². The number of carboxylic acids is 1. The van der Waals surface area contributed by atoms with E-state index in [9.17, 15) is 9.90 Å². The highest BCUT2D eigenvalue weighted by atomic mass is 16.4. The summed E-state index contributed by atoms with van der Waals surface area (Å²) in [6.45, 7) is 2.70. The average molecular weight is 260 g/mol. The van der Waals surface area contributed by atoms with Gasteiger partial charge in [-0.2, -0.15) is 5.10 Å². The fourth-order valence-electron chi connectivity index (χ4n) is 2.91. The van der Waals surface area contributed by atoms with Gasteiger partial charge in [-0.15, -0.1) is 0 Å². The number of aromatic nitrogens is 3. The number of rotatable bonds is 2. The Balaban J connectivity index is 2.17. The summed E-state index contributed by atoms with van der Waals surface area (Å²) in [5.41, 5.74) is 2.61. The van der Waals surface area contributed by atoms with Gasteiger partial charge in [0.15, 0.2) is 5.65 Å². The minimum Gasteiger partial charge on any atom is -0.480 e. The number of hydrogen-bond donors (Lipinski definition) is 1. The van der Waals surface area contributed by atoms with Crippen LogP contribution in [0.3, 0.4) is 0 Å². The van der Waals surface area contributed by atoms with Gasteiger partial charge in [0.05, 0.1) is 16.8 Å². The van der Waals surface area contributed by atoms with E-state index in [2.05, 4.69) is 10.1 Å². The molecular formula is C13H16N4O2. The SMILES string of the molecule is Cc1nn(C)c2nccc(N3CCCC3C(=O)O)c12. The number of carbonyl (C=O) groups is 1. The van der Waals surface area contributed by atoms with E-state index in [4.69, 9.17) is 0 Å². The molecule has 0 saturated carbocycles. The first-order valence-electron chi connectivity index (χ1n) is 6.37. The number of aliphatic carboxylic acids is 1. The minimum absolute atomic E-state index is 0.440. The molecule has 0 aliphatic carbocycles. The minimum atomic E-state index is -0.760. The van der Waals surface area contributed by atoms with Crippen molar-refractivity contribution in [3.63, 3.8) is 0 Å². The van der Waals surface area contributed by atoms with Crippen LogP contribution in [-0.2, 0) is 11.8 Å². The maximum atomic E-state index is 11.3. The molecule has 2 aromatic rings. The van der Waals surface area contributed by atoms with Crippen LogP contribution < -0.4 is 4.90 Å². The van der Waals surface area contributed by atoms with E-state index in [0.717, 1.165) is 35.4 Å². The Morgan fingerprint density at radius 2 is 2.32 bits per heavy atom. The molecule has 1 fully saturated rings. The number of anilines is 1. The van der Waals surface area contributed by atoms with E-state index in [1.807, 2.05) is 24.9 Å². The molecule has 2 aromatic heterocycles. The quantitative estimate of drug-likeness (QED) is 0.882. The number of pyridine rings is 1. The van der Waals surface area contributed by atoms with Crippen molar-refractivity contribution in [2.24, 2.45) is 7.05 Å². The summed E-state index contributed by atoms with van der Waals surface area (Å²) in [5.74, 6) is -0.760. The van der Waals surface area contributed by atoms with Crippen molar-refractivity contribution in [2.75, 3.05) is 11.4 Å². The second-order valence-corrected chi connectivity index (χ2v) is 4.93. The zero-order valence-electron chi connectivity index (χ0n) is 11.0. The Labute approximate surface area is 110 Å². The number of hydrogen-bond acceptors (Lipinski definition) is 4. The Bertz CT molecular complexity index is 649. The van der Waals surface area contributed by atoms with Gasteiger partial charge in [-0.05, 0) is 25.8 Å². The molecule has 3 heterocycles. The molecule has 1 unspecified atom stereocenters. The average Bonchev–Trinajstić information content (AvgIpc) is 2.96. The third kappa shape index (κ3) is 1.75. The maximum Gasteiger partial charge on any atom is 0.326 e. The van der Waals surface area contributed by atoms with E-state index in [1.165, 1.54) is 0 Å². The summed E-state index contributed by atoms with van der Waals surface area (Å²) >= 11 is 0. The highest BCUT2D eigenvalue weighted by Crippen LogP contribution is 2.32. The molecule has 0 radical (unpaired) electrons. The van der Waals surface area contributed by atoms with Crippen LogP contribution in [0.4, 0.5) is 5.69 Å². The van der Waals surface area contributed by atoms with Crippen LogP contribution >= 0.6 is 0 Å². The number of carboxylic acid groups (broad SMARTS) is 1. The molecule has 19 heavy (non-hydrogen) atoms. The van der Waals surface area contributed by atoms with Crippen LogP contribution in [0, 0.1) is 6.92 Å². The topological polar surface area (TPSA) is 71.2 Å². The summed E-state index contributed by atoms with van der Waals surface area (Å²) in [7, 11) is 1.85. The highest BCUT2D eigenvalue weighted by Gasteiger charge is 2.32. The lowest BCUT2D eigenvalue weighted by Crippen LogP contribution is -2.36. The Hall–Kier alpha value is -2.11. The molecule has 100 valence electrons. The van der Waals surface area contributed by atoms with Gasteiger partial charge in [-0.3, -0.25) is 4.68 Å². The molecule has 6 heteroatoms. The third-order valence-electron chi connectivity index (χ3n) is 3.72. The van der Waals surface area contributed by atoms with Crippen LogP contribution in [0.5, 0.6) is 0 Å². The first-order valence-corrected chi connectivity index (χ1v) is 6.37. The van der Waals surface area contributed by atoms with Gasteiger partial charge in [0, 0.05) is 19.8 Å². The Kier molecular flexibility index (Phi) is 2.66. The van der Waals surface area contributed by atoms with Crippen molar-refractivity contribution in [3.8, 4) is 0 Å². The summed E-state index contributed by atoms with van der Waals surface area (Å²) in [6, 6.07) is 1.45. The summed E-state index contributed by atoms with van der Waals surface area (Å²) in [4.78, 5) is 17.6. The van der Waals surface area contributed by atoms with Gasteiger partial charge in [-0.25, -0.2) is 9.78 Å². The molecular weight excluding hydrogens is 244 g/mol. The second kappa shape index (κ2) is 4.22. The first kappa shape index (κ1) is 12.0. The number of fused-ring (bicyclic) bond motifs is 1. The van der Waals surface area contributed by atoms with E-state index < -0.39 is 12.0 Å². The first-order chi connectivity index (χ1) is 9.09. The zero-order chi connectivity index (χ0) is 13.6. The molecule has 6 nitrogen and oxygen atoms in total. The van der Waals surface area contributed by atoms with Gasteiger partial charge < -0.3 is 10.0 Å². The van der Waals surface area contributed by atoms with Crippen molar-refractivity contribution in [2.45, 2.75) is 25.8 Å². The maximum absolute atomic E-state index is 11.3. The lowest BCUT2D eigenvalue weighted by atomic mass is 10.2. The van der Waals surface area contributed by atoms with Crippen LogP contribution in [0.1, 0.15) is 18.5 Å². The molecule has 3 rings (SSSR count). The number of nitrogens with zero attached hydrogens (tertiary/aromatic N) is 4. The molecule has 0 aromatic carbocycles. The van der Waals surface area contributed by atoms with Gasteiger partial charge in [0.1, 0.15) is 6.04 Å². The fourth-order valence-corrected chi connectivity index (χ4v) is 2.91. The van der Waals surface area contributed by atoms with Crippen LogP contribution in [0.2, 0.25) is 0 Å². The molecule has 1 saturated heterocycles. The lowest BCUT2D eigenvalue weighted by molar-refractivity contribution is -0.138. The second-order valence-electron chi connectivity index (χ2n) is 4.93. The van der Waals surface area contributed by atoms with Gasteiger partial charge in [0.2, 0.25) is 0 Å². The van der Waals surface area contributed by atoms with Crippen molar-refractivity contribution < 1.29 is 9.90 Å². The molecule has 1 atom stereocenters. The highest BCUT2D eigenvalue weighted by molar-refractivity contribution is 5.94. The molecule has 0 spiro atoms. The molecule has 1 aliphatic heterocycles. The third-order valence-corrected chi connectivity index (χ3v) is 3.72. The predicted octanol–water partition coefficient (Wildman–Crippen LogP) is 1.33. The predicted molar refractivity (Wildman–Crippen MR) is 71.2 cm³/mol. The lowest BCUT2D eigenvalue weighted by Gasteiger charge is -2.24. The van der Waals surface area contributed by atoms with E-state index in [1.54, 1.807) is 10.9 Å². The molecule has 0 bridgehead atoms. The van der Waals surface area contributed by atoms with Crippen LogP contribution in [0.15, 0.2) is 12.3 Å². The smallest absolute Gasteiger partial charge is 0.326 e. The summed E-state index contributed by atoms with van der Waals surface area (Å²) in [6.07, 6.45) is 3.31. The fraction of sp³-hybridized carbons (Fsp3) is 0.462. The largest absolute Gasteiger partial charge is 0.480 e. The molecule has 1 aliphatic rings. The van der Waals surface area contributed by atoms with Crippen molar-refractivity contribution in [1.82, 2.24) is 14.8 Å². The van der Waals surface area contributed by atoms with Crippen molar-refractivity contribution >= 4 is 22.7 Å².